The van der Waals surface area contributed by atoms with Crippen LogP contribution < -0.4 is 0 Å². The minimum Gasteiger partial charge on any atom is -0.357 e. The Bertz CT molecular complexity index is 375. The summed E-state index contributed by atoms with van der Waals surface area (Å²) >= 11 is 7.10. The van der Waals surface area contributed by atoms with Crippen molar-refractivity contribution in [1.29, 1.82) is 0 Å². The summed E-state index contributed by atoms with van der Waals surface area (Å²) in [5, 5.41) is 0. The van der Waals surface area contributed by atoms with Crippen molar-refractivity contribution in [2.24, 2.45) is 0 Å². The van der Waals surface area contributed by atoms with Gasteiger partial charge in [-0.15, -0.1) is 0 Å². The molecule has 0 saturated carbocycles. The maximum atomic E-state index is 5.73. The van der Waals surface area contributed by atoms with E-state index in [2.05, 4.69) is 56.1 Å². The summed E-state index contributed by atoms with van der Waals surface area (Å²) in [5.41, 5.74) is 2.56. The van der Waals surface area contributed by atoms with Gasteiger partial charge >= 0.3 is 0 Å². The SMILES string of the molecule is Brc1ccc(Br)c2c1C1C=CC2O1. The van der Waals surface area contributed by atoms with Gasteiger partial charge in [0.15, 0.2) is 0 Å². The highest BCUT2D eigenvalue weighted by Crippen LogP contribution is 2.50. The van der Waals surface area contributed by atoms with E-state index in [4.69, 9.17) is 4.74 Å². The topological polar surface area (TPSA) is 9.23 Å². The molecule has 0 N–H and O–H groups in total. The molecule has 13 heavy (non-hydrogen) atoms. The monoisotopic (exact) mass is 300 g/mol. The maximum Gasteiger partial charge on any atom is 0.104 e. The Morgan fingerprint density at radius 3 is 1.85 bits per heavy atom. The van der Waals surface area contributed by atoms with Crippen molar-refractivity contribution in [3.05, 3.63) is 44.4 Å². The molecule has 0 fully saturated rings. The lowest BCUT2D eigenvalue weighted by Gasteiger charge is -2.10. The van der Waals surface area contributed by atoms with Gasteiger partial charge in [-0.05, 0) is 12.1 Å². The molecule has 2 unspecified atom stereocenters. The number of hydrogen-bond donors (Lipinski definition) is 0. The molecule has 0 saturated heterocycles. The van der Waals surface area contributed by atoms with Crippen LogP contribution in [0.25, 0.3) is 0 Å². The van der Waals surface area contributed by atoms with Gasteiger partial charge in [0, 0.05) is 20.1 Å². The molecule has 0 aliphatic carbocycles. The summed E-state index contributed by atoms with van der Waals surface area (Å²) in [6.07, 6.45) is 4.55. The first-order valence-corrected chi connectivity index (χ1v) is 5.67. The molecule has 0 radical (unpaired) electrons. The summed E-state index contributed by atoms with van der Waals surface area (Å²) in [6.45, 7) is 0. The van der Waals surface area contributed by atoms with Gasteiger partial charge in [-0.25, -0.2) is 0 Å². The molecule has 3 heteroatoms. The fourth-order valence-electron chi connectivity index (χ4n) is 1.94. The second kappa shape index (κ2) is 2.69. The molecule has 0 amide bonds. The van der Waals surface area contributed by atoms with Gasteiger partial charge in [0.2, 0.25) is 0 Å². The lowest BCUT2D eigenvalue weighted by Crippen LogP contribution is -1.95. The van der Waals surface area contributed by atoms with Crippen molar-refractivity contribution in [3.8, 4) is 0 Å². The lowest BCUT2D eigenvalue weighted by molar-refractivity contribution is 0.0874. The van der Waals surface area contributed by atoms with Crippen molar-refractivity contribution in [1.82, 2.24) is 0 Å². The maximum absolute atomic E-state index is 5.73. The second-order valence-electron chi connectivity index (χ2n) is 3.22. The first-order valence-electron chi connectivity index (χ1n) is 4.09. The van der Waals surface area contributed by atoms with Gasteiger partial charge in [-0.2, -0.15) is 0 Å². The Balaban J connectivity index is 2.33. The highest BCUT2D eigenvalue weighted by molar-refractivity contribution is 9.11. The van der Waals surface area contributed by atoms with Crippen molar-refractivity contribution in [3.63, 3.8) is 0 Å². The fraction of sp³-hybridized carbons (Fsp3) is 0.200. The number of hydrogen-bond acceptors (Lipinski definition) is 1. The van der Waals surface area contributed by atoms with Gasteiger partial charge in [0.05, 0.1) is 0 Å². The van der Waals surface area contributed by atoms with E-state index in [0.29, 0.717) is 0 Å². The molecule has 66 valence electrons. The van der Waals surface area contributed by atoms with Crippen LogP contribution in [0.4, 0.5) is 0 Å². The van der Waals surface area contributed by atoms with Crippen LogP contribution in [0, 0.1) is 0 Å². The van der Waals surface area contributed by atoms with Crippen LogP contribution in [0.3, 0.4) is 0 Å². The van der Waals surface area contributed by atoms with Gasteiger partial charge in [-0.1, -0.05) is 44.0 Å². The summed E-state index contributed by atoms with van der Waals surface area (Å²) in [5.74, 6) is 0. The Morgan fingerprint density at radius 2 is 1.38 bits per heavy atom. The van der Waals surface area contributed by atoms with E-state index in [9.17, 15) is 0 Å². The Hall–Kier alpha value is -0.120. The predicted octanol–water partition coefficient (Wildman–Crippen LogP) is 3.89. The van der Waals surface area contributed by atoms with Crippen LogP contribution in [0.1, 0.15) is 23.3 Å². The summed E-state index contributed by atoms with van der Waals surface area (Å²) < 4.78 is 8.02. The van der Waals surface area contributed by atoms with Crippen LogP contribution in [0.5, 0.6) is 0 Å². The van der Waals surface area contributed by atoms with E-state index in [1.807, 2.05) is 0 Å². The third kappa shape index (κ3) is 1.01. The quantitative estimate of drug-likeness (QED) is 0.661. The Labute approximate surface area is 93.0 Å². The van der Waals surface area contributed by atoms with E-state index < -0.39 is 0 Å². The zero-order chi connectivity index (χ0) is 9.00. The molecule has 2 aliphatic rings. The average molecular weight is 302 g/mol. The third-order valence-electron chi connectivity index (χ3n) is 2.50. The minimum absolute atomic E-state index is 0.159. The smallest absolute Gasteiger partial charge is 0.104 e. The molecule has 2 bridgehead atoms. The van der Waals surface area contributed by atoms with E-state index >= 15 is 0 Å². The molecule has 1 aromatic carbocycles. The molecule has 2 aliphatic heterocycles. The van der Waals surface area contributed by atoms with Crippen molar-refractivity contribution < 1.29 is 4.74 Å². The molecule has 1 aromatic rings. The summed E-state index contributed by atoms with van der Waals surface area (Å²) in [7, 11) is 0. The summed E-state index contributed by atoms with van der Waals surface area (Å²) in [4.78, 5) is 0. The van der Waals surface area contributed by atoms with E-state index in [1.165, 1.54) is 11.1 Å². The van der Waals surface area contributed by atoms with E-state index in [-0.39, 0.29) is 12.2 Å². The Kier molecular flexibility index (Phi) is 1.70. The largest absolute Gasteiger partial charge is 0.357 e. The zero-order valence-electron chi connectivity index (χ0n) is 6.63. The predicted molar refractivity (Wildman–Crippen MR) is 57.5 cm³/mol. The average Bonchev–Trinajstić information content (AvgIpc) is 2.70. The first kappa shape index (κ1) is 8.21. The zero-order valence-corrected chi connectivity index (χ0v) is 9.80. The molecule has 1 nitrogen and oxygen atoms in total. The molecular formula is C10H6Br2O. The van der Waals surface area contributed by atoms with Crippen molar-refractivity contribution >= 4 is 31.9 Å². The van der Waals surface area contributed by atoms with Gasteiger partial charge in [-0.3, -0.25) is 0 Å². The molecule has 0 aromatic heterocycles. The molecular weight excluding hydrogens is 296 g/mol. The van der Waals surface area contributed by atoms with Crippen molar-refractivity contribution in [2.75, 3.05) is 0 Å². The van der Waals surface area contributed by atoms with Gasteiger partial charge in [0.25, 0.3) is 0 Å². The van der Waals surface area contributed by atoms with Crippen LogP contribution in [-0.4, -0.2) is 0 Å². The van der Waals surface area contributed by atoms with Gasteiger partial charge < -0.3 is 4.74 Å². The molecule has 2 atom stereocenters. The van der Waals surface area contributed by atoms with Crippen LogP contribution in [0.2, 0.25) is 0 Å². The molecule has 2 heterocycles. The standard InChI is InChI=1S/C10H6Br2O/c11-5-1-2-6(12)10-8-4-3-7(13-8)9(5)10/h1-4,7-8H. The highest BCUT2D eigenvalue weighted by Gasteiger charge is 2.36. The van der Waals surface area contributed by atoms with E-state index in [0.717, 1.165) is 8.95 Å². The van der Waals surface area contributed by atoms with Crippen LogP contribution >= 0.6 is 31.9 Å². The number of halogens is 2. The number of rotatable bonds is 0. The van der Waals surface area contributed by atoms with Gasteiger partial charge in [0.1, 0.15) is 12.2 Å². The molecule has 0 spiro atoms. The lowest BCUT2D eigenvalue weighted by atomic mass is 9.97. The van der Waals surface area contributed by atoms with Crippen LogP contribution in [0.15, 0.2) is 33.2 Å². The first-order chi connectivity index (χ1) is 6.27. The normalized spacial score (nSPS) is 28.2. The highest BCUT2D eigenvalue weighted by atomic mass is 79.9. The third-order valence-corrected chi connectivity index (χ3v) is 3.89. The fourth-order valence-corrected chi connectivity index (χ4v) is 3.08. The summed E-state index contributed by atoms with van der Waals surface area (Å²) in [6, 6.07) is 4.11. The molecule has 3 rings (SSSR count). The number of benzene rings is 1. The van der Waals surface area contributed by atoms with Crippen molar-refractivity contribution in [2.45, 2.75) is 12.2 Å². The number of fused-ring (bicyclic) bond motifs is 5. The van der Waals surface area contributed by atoms with E-state index in [1.54, 1.807) is 0 Å². The second-order valence-corrected chi connectivity index (χ2v) is 4.93. The number of ether oxygens (including phenoxy) is 1. The minimum atomic E-state index is 0.159. The van der Waals surface area contributed by atoms with Crippen LogP contribution in [-0.2, 0) is 4.74 Å². The Morgan fingerprint density at radius 1 is 0.923 bits per heavy atom.